The molecule has 2 aromatic rings. The maximum atomic E-state index is 14.8. The zero-order chi connectivity index (χ0) is 25.9. The molecular formula is C26H30FN7O3. The number of anilines is 1. The number of carbonyl (C=O) groups is 3. The van der Waals surface area contributed by atoms with Crippen molar-refractivity contribution in [2.45, 2.75) is 32.1 Å². The van der Waals surface area contributed by atoms with E-state index in [0.717, 1.165) is 19.0 Å². The van der Waals surface area contributed by atoms with Crippen LogP contribution in [0.25, 0.3) is 10.9 Å². The van der Waals surface area contributed by atoms with Crippen LogP contribution in [0.2, 0.25) is 0 Å². The highest BCUT2D eigenvalue weighted by atomic mass is 19.1. The van der Waals surface area contributed by atoms with Crippen molar-refractivity contribution < 1.29 is 18.8 Å². The van der Waals surface area contributed by atoms with Crippen LogP contribution in [0.5, 0.6) is 0 Å². The van der Waals surface area contributed by atoms with Crippen LogP contribution in [0.4, 0.5) is 10.2 Å². The van der Waals surface area contributed by atoms with Gasteiger partial charge >= 0.3 is 0 Å². The van der Waals surface area contributed by atoms with Gasteiger partial charge in [-0.15, -0.1) is 0 Å². The largest absolute Gasteiger partial charge is 0.403 e. The van der Waals surface area contributed by atoms with Gasteiger partial charge in [0, 0.05) is 51.5 Å². The van der Waals surface area contributed by atoms with Crippen molar-refractivity contribution in [1.82, 2.24) is 19.8 Å². The standard InChI is InChI=1S/C26H30FN7O3/c1-29-34(3-2-28)23-21-20(19(27)14-31-23)18(13-30-21)22(35)24(36)32-4-6-33(7-5-32)25(37)26-11-15-8-16(12-26)10-17(26)9-15/h2-3,13-17,30H,1,4-12,28H2/b3-2-. The van der Waals surface area contributed by atoms with Gasteiger partial charge in [-0.1, -0.05) is 0 Å². The average molecular weight is 508 g/mol. The molecule has 2 aromatic heterocycles. The zero-order valence-corrected chi connectivity index (χ0v) is 20.5. The fraction of sp³-hybridized carbons (Fsp3) is 0.500. The number of rotatable bonds is 6. The van der Waals surface area contributed by atoms with Crippen LogP contribution in [0.1, 0.15) is 42.5 Å². The van der Waals surface area contributed by atoms with Crippen LogP contribution < -0.4 is 10.7 Å². The number of halogens is 1. The number of nitrogens with one attached hydrogen (secondary N) is 1. The molecule has 37 heavy (non-hydrogen) atoms. The summed E-state index contributed by atoms with van der Waals surface area (Å²) in [5.41, 5.74) is 5.35. The Bertz CT molecular complexity index is 1310. The Morgan fingerprint density at radius 1 is 1.16 bits per heavy atom. The Labute approximate surface area is 213 Å². The van der Waals surface area contributed by atoms with Gasteiger partial charge in [0.2, 0.25) is 5.91 Å². The van der Waals surface area contributed by atoms with Crippen molar-refractivity contribution in [3.63, 3.8) is 0 Å². The zero-order valence-electron chi connectivity index (χ0n) is 20.5. The molecule has 4 bridgehead atoms. The Morgan fingerprint density at radius 2 is 1.84 bits per heavy atom. The third-order valence-corrected chi connectivity index (χ3v) is 8.95. The summed E-state index contributed by atoms with van der Waals surface area (Å²) >= 11 is 0. The number of nitrogens with zero attached hydrogens (tertiary/aromatic N) is 5. The van der Waals surface area contributed by atoms with Crippen LogP contribution in [0.15, 0.2) is 29.9 Å². The summed E-state index contributed by atoms with van der Waals surface area (Å²) in [5, 5.41) is 4.96. The minimum atomic E-state index is -0.820. The molecule has 5 fully saturated rings. The van der Waals surface area contributed by atoms with Crippen molar-refractivity contribution in [3.8, 4) is 0 Å². The summed E-state index contributed by atoms with van der Waals surface area (Å²) < 4.78 is 14.8. The van der Waals surface area contributed by atoms with Crippen LogP contribution in [0, 0.1) is 29.0 Å². The first-order valence-corrected chi connectivity index (χ1v) is 12.8. The highest BCUT2D eigenvalue weighted by Crippen LogP contribution is 2.65. The van der Waals surface area contributed by atoms with Gasteiger partial charge in [0.1, 0.15) is 0 Å². The molecule has 4 aliphatic carbocycles. The SMILES string of the molecule is C=NN(/C=C\N)c1ncc(F)c2c(C(=O)C(=O)N3CCN(C(=O)C45CC6CC(CC4C6)C5)CC3)c[nH]c12. The molecule has 0 radical (unpaired) electrons. The van der Waals surface area contributed by atoms with E-state index in [2.05, 4.69) is 21.8 Å². The lowest BCUT2D eigenvalue weighted by Crippen LogP contribution is -2.55. The first-order chi connectivity index (χ1) is 17.9. The molecule has 1 aliphatic heterocycles. The Hall–Kier alpha value is -3.76. The fourth-order valence-corrected chi connectivity index (χ4v) is 7.55. The van der Waals surface area contributed by atoms with E-state index >= 15 is 0 Å². The molecule has 10 nitrogen and oxygen atoms in total. The molecule has 4 saturated carbocycles. The number of amides is 2. The van der Waals surface area contributed by atoms with E-state index in [1.54, 1.807) is 0 Å². The number of piperazine rings is 1. The van der Waals surface area contributed by atoms with Gasteiger partial charge < -0.3 is 20.5 Å². The number of hydrogen-bond acceptors (Lipinski definition) is 7. The molecule has 2 unspecified atom stereocenters. The van der Waals surface area contributed by atoms with Crippen molar-refractivity contribution in [3.05, 3.63) is 36.2 Å². The lowest BCUT2D eigenvalue weighted by atomic mass is 9.74. The summed E-state index contributed by atoms with van der Waals surface area (Å²) in [4.78, 5) is 50.1. The van der Waals surface area contributed by atoms with E-state index in [9.17, 15) is 18.8 Å². The van der Waals surface area contributed by atoms with Crippen LogP contribution in [-0.4, -0.2) is 70.3 Å². The van der Waals surface area contributed by atoms with E-state index in [-0.39, 0.29) is 46.7 Å². The monoisotopic (exact) mass is 507 g/mol. The third-order valence-electron chi connectivity index (χ3n) is 8.95. The summed E-state index contributed by atoms with van der Waals surface area (Å²) in [5.74, 6) is 0.0307. The molecule has 2 atom stereocenters. The average Bonchev–Trinajstić information content (AvgIpc) is 3.54. The molecule has 0 spiro atoms. The number of carbonyl (C=O) groups excluding carboxylic acids is 3. The normalized spacial score (nSPS) is 28.4. The minimum Gasteiger partial charge on any atom is -0.403 e. The number of Topliss-reactive ketones (excluding diaryl/α,β-unsaturated/α-hetero) is 1. The second-order valence-corrected chi connectivity index (χ2v) is 10.8. The Kier molecular flexibility index (Phi) is 5.54. The summed E-state index contributed by atoms with van der Waals surface area (Å²) in [6.07, 6.45) is 10.5. The van der Waals surface area contributed by atoms with E-state index in [0.29, 0.717) is 30.8 Å². The molecule has 7 rings (SSSR count). The summed E-state index contributed by atoms with van der Waals surface area (Å²) in [7, 11) is 0. The topological polar surface area (TPSA) is 128 Å². The second kappa shape index (κ2) is 8.67. The second-order valence-electron chi connectivity index (χ2n) is 10.8. The quantitative estimate of drug-likeness (QED) is 0.267. The smallest absolute Gasteiger partial charge is 0.295 e. The van der Waals surface area contributed by atoms with Gasteiger partial charge in [0.15, 0.2) is 11.6 Å². The molecule has 1 saturated heterocycles. The Balaban J connectivity index is 1.17. The summed E-state index contributed by atoms with van der Waals surface area (Å²) in [6.45, 7) is 4.81. The van der Waals surface area contributed by atoms with Gasteiger partial charge in [0.25, 0.3) is 11.7 Å². The number of H-pyrrole nitrogens is 1. The maximum Gasteiger partial charge on any atom is 0.295 e. The molecule has 5 aliphatic rings. The first kappa shape index (κ1) is 23.6. The van der Waals surface area contributed by atoms with Crippen LogP contribution >= 0.6 is 0 Å². The van der Waals surface area contributed by atoms with Gasteiger partial charge in [-0.25, -0.2) is 14.4 Å². The number of hydrazone groups is 1. The predicted octanol–water partition coefficient (Wildman–Crippen LogP) is 2.23. The minimum absolute atomic E-state index is 0.0533. The van der Waals surface area contributed by atoms with E-state index in [1.165, 1.54) is 47.8 Å². The number of fused-ring (bicyclic) bond motifs is 1. The van der Waals surface area contributed by atoms with Gasteiger partial charge in [-0.2, -0.15) is 5.10 Å². The number of aromatic amines is 1. The molecule has 0 aromatic carbocycles. The first-order valence-electron chi connectivity index (χ1n) is 12.8. The third kappa shape index (κ3) is 3.54. The van der Waals surface area contributed by atoms with E-state index < -0.39 is 17.5 Å². The molecule has 11 heteroatoms. The molecule has 3 heterocycles. The van der Waals surface area contributed by atoms with Crippen molar-refractivity contribution >= 4 is 41.0 Å². The molecule has 194 valence electrons. The number of nitrogens with two attached hydrogens (primary N) is 1. The molecule has 2 amide bonds. The van der Waals surface area contributed by atoms with E-state index in [4.69, 9.17) is 5.73 Å². The molecular weight excluding hydrogens is 477 g/mol. The van der Waals surface area contributed by atoms with E-state index in [1.807, 2.05) is 4.90 Å². The number of hydrogen-bond donors (Lipinski definition) is 2. The van der Waals surface area contributed by atoms with Gasteiger partial charge in [-0.05, 0) is 49.9 Å². The maximum absolute atomic E-state index is 14.8. The number of ketones is 1. The molecule has 3 N–H and O–H groups in total. The highest BCUT2D eigenvalue weighted by molar-refractivity contribution is 6.45. The number of aromatic nitrogens is 2. The summed E-state index contributed by atoms with van der Waals surface area (Å²) in [6, 6.07) is 0. The Morgan fingerprint density at radius 3 is 2.49 bits per heavy atom. The lowest BCUT2D eigenvalue weighted by Gasteiger charge is -2.40. The lowest BCUT2D eigenvalue weighted by molar-refractivity contribution is -0.147. The number of pyridine rings is 1. The van der Waals surface area contributed by atoms with Crippen molar-refractivity contribution in [1.29, 1.82) is 0 Å². The van der Waals surface area contributed by atoms with Crippen LogP contribution in [-0.2, 0) is 9.59 Å². The van der Waals surface area contributed by atoms with Crippen molar-refractivity contribution in [2.75, 3.05) is 31.2 Å². The van der Waals surface area contributed by atoms with Gasteiger partial charge in [0.05, 0.1) is 28.1 Å². The van der Waals surface area contributed by atoms with Crippen molar-refractivity contribution in [2.24, 2.45) is 34.0 Å². The van der Waals surface area contributed by atoms with Crippen LogP contribution in [0.3, 0.4) is 0 Å². The predicted molar refractivity (Wildman–Crippen MR) is 135 cm³/mol. The van der Waals surface area contributed by atoms with Gasteiger partial charge in [-0.3, -0.25) is 14.4 Å². The fourth-order valence-electron chi connectivity index (χ4n) is 7.55. The highest BCUT2D eigenvalue weighted by Gasteiger charge is 2.62.